The van der Waals surface area contributed by atoms with Crippen LogP contribution < -0.4 is 5.32 Å². The second-order valence-electron chi connectivity index (χ2n) is 6.74. The zero-order valence-electron chi connectivity index (χ0n) is 14.3. The number of aromatic amines is 1. The summed E-state index contributed by atoms with van der Waals surface area (Å²) in [5, 5.41) is 2.49. The molecule has 5 nitrogen and oxygen atoms in total. The molecule has 0 unspecified atom stereocenters. The Bertz CT molecular complexity index is 940. The molecular formula is C18H17ClF3N3O2. The van der Waals surface area contributed by atoms with E-state index in [0.29, 0.717) is 37.8 Å². The van der Waals surface area contributed by atoms with Crippen molar-refractivity contribution in [2.45, 2.75) is 6.42 Å². The number of hydrogen-bond donors (Lipinski definition) is 2. The molecule has 0 atom stereocenters. The number of nitrogens with zero attached hydrogens (tertiary/aromatic N) is 1. The second kappa shape index (κ2) is 7.09. The Hall–Kier alpha value is -2.19. The van der Waals surface area contributed by atoms with E-state index in [-0.39, 0.29) is 29.7 Å². The highest BCUT2D eigenvalue weighted by Gasteiger charge is 2.29. The minimum Gasteiger partial charge on any atom is -0.386 e. The van der Waals surface area contributed by atoms with Gasteiger partial charge in [0, 0.05) is 31.1 Å². The number of amides is 1. The summed E-state index contributed by atoms with van der Waals surface area (Å²) in [6.45, 7) is 1.94. The van der Waals surface area contributed by atoms with E-state index in [1.165, 1.54) is 11.0 Å². The van der Waals surface area contributed by atoms with Crippen LogP contribution in [0.15, 0.2) is 23.7 Å². The summed E-state index contributed by atoms with van der Waals surface area (Å²) >= 11 is 5.81. The molecule has 1 saturated heterocycles. The topological polar surface area (TPSA) is 57.4 Å². The van der Waals surface area contributed by atoms with E-state index >= 15 is 0 Å². The van der Waals surface area contributed by atoms with Crippen LogP contribution in [0.3, 0.4) is 0 Å². The zero-order chi connectivity index (χ0) is 19.1. The number of carbonyl (C=O) groups is 1. The lowest BCUT2D eigenvalue weighted by molar-refractivity contribution is -0.0298. The van der Waals surface area contributed by atoms with Crippen LogP contribution in [0.25, 0.3) is 10.9 Å². The number of H-pyrrole nitrogens is 1. The van der Waals surface area contributed by atoms with Crippen molar-refractivity contribution in [1.29, 1.82) is 0 Å². The van der Waals surface area contributed by atoms with E-state index in [0.717, 1.165) is 6.07 Å². The van der Waals surface area contributed by atoms with Crippen molar-refractivity contribution in [1.82, 2.24) is 15.2 Å². The standard InChI is InChI=1S/C18H17ClF3N3O2/c19-15-10(20)1-2-13-14(15)16(22)17(24-13)18(26)25-4-3-12(11(21)6-25)23-5-9-7-27-8-9/h1-2,9,23-24H,3-8H2. The molecule has 3 heterocycles. The highest BCUT2D eigenvalue weighted by atomic mass is 35.5. The van der Waals surface area contributed by atoms with E-state index in [1.54, 1.807) is 0 Å². The lowest BCUT2D eigenvalue weighted by atomic mass is 10.1. The number of halogens is 4. The van der Waals surface area contributed by atoms with Gasteiger partial charge in [0.15, 0.2) is 5.82 Å². The highest BCUT2D eigenvalue weighted by Crippen LogP contribution is 2.31. The van der Waals surface area contributed by atoms with Crippen LogP contribution in [-0.4, -0.2) is 48.6 Å². The molecule has 1 fully saturated rings. The van der Waals surface area contributed by atoms with Gasteiger partial charge in [0.2, 0.25) is 0 Å². The van der Waals surface area contributed by atoms with Crippen molar-refractivity contribution in [2.75, 3.05) is 32.8 Å². The molecular weight excluding hydrogens is 383 g/mol. The van der Waals surface area contributed by atoms with E-state index < -0.39 is 28.4 Å². The van der Waals surface area contributed by atoms with E-state index in [2.05, 4.69) is 10.3 Å². The molecule has 2 aliphatic rings. The number of fused-ring (bicyclic) bond motifs is 1. The summed E-state index contributed by atoms with van der Waals surface area (Å²) in [6, 6.07) is 2.39. The summed E-state index contributed by atoms with van der Waals surface area (Å²) in [6.07, 6.45) is 0.308. The number of rotatable bonds is 4. The maximum absolute atomic E-state index is 14.6. The predicted octanol–water partition coefficient (Wildman–Crippen LogP) is 3.36. The van der Waals surface area contributed by atoms with Crippen LogP contribution in [0, 0.1) is 17.6 Å². The summed E-state index contributed by atoms with van der Waals surface area (Å²) < 4.78 is 47.7. The summed E-state index contributed by atoms with van der Waals surface area (Å²) in [4.78, 5) is 16.5. The van der Waals surface area contributed by atoms with Gasteiger partial charge in [-0.3, -0.25) is 4.79 Å². The number of nitrogens with one attached hydrogen (secondary N) is 2. The number of hydrogen-bond acceptors (Lipinski definition) is 3. The molecule has 0 radical (unpaired) electrons. The number of benzene rings is 1. The van der Waals surface area contributed by atoms with Crippen molar-refractivity contribution in [3.63, 3.8) is 0 Å². The third-order valence-corrected chi connectivity index (χ3v) is 5.26. The molecule has 2 aliphatic heterocycles. The van der Waals surface area contributed by atoms with Crippen LogP contribution in [0.4, 0.5) is 13.2 Å². The molecule has 0 saturated carbocycles. The van der Waals surface area contributed by atoms with Crippen LogP contribution in [0.2, 0.25) is 5.02 Å². The van der Waals surface area contributed by atoms with Crippen molar-refractivity contribution in [2.24, 2.45) is 5.92 Å². The quantitative estimate of drug-likeness (QED) is 0.829. The predicted molar refractivity (Wildman–Crippen MR) is 94.2 cm³/mol. The summed E-state index contributed by atoms with van der Waals surface area (Å²) in [7, 11) is 0. The third-order valence-electron chi connectivity index (χ3n) is 4.89. The summed E-state index contributed by atoms with van der Waals surface area (Å²) in [5.41, 5.74) is 0.321. The number of carbonyl (C=O) groups excluding carboxylic acids is 1. The smallest absolute Gasteiger partial charge is 0.273 e. The van der Waals surface area contributed by atoms with E-state index in [1.807, 2.05) is 0 Å². The van der Waals surface area contributed by atoms with Gasteiger partial charge in [-0.05, 0) is 12.1 Å². The van der Waals surface area contributed by atoms with Gasteiger partial charge in [-0.25, -0.2) is 13.2 Å². The largest absolute Gasteiger partial charge is 0.386 e. The van der Waals surface area contributed by atoms with Crippen molar-refractivity contribution in [3.05, 3.63) is 46.0 Å². The van der Waals surface area contributed by atoms with Crippen LogP contribution >= 0.6 is 11.6 Å². The molecule has 1 amide bonds. The fourth-order valence-corrected chi connectivity index (χ4v) is 3.49. The molecule has 0 spiro atoms. The normalized spacial score (nSPS) is 18.1. The molecule has 27 heavy (non-hydrogen) atoms. The Kier molecular flexibility index (Phi) is 4.77. The number of ether oxygens (including phenoxy) is 1. The maximum Gasteiger partial charge on any atom is 0.273 e. The molecule has 9 heteroatoms. The first kappa shape index (κ1) is 18.2. The molecule has 1 aromatic heterocycles. The third kappa shape index (κ3) is 3.27. The highest BCUT2D eigenvalue weighted by molar-refractivity contribution is 6.35. The molecule has 0 aliphatic carbocycles. The summed E-state index contributed by atoms with van der Waals surface area (Å²) in [5.74, 6) is -2.48. The fourth-order valence-electron chi connectivity index (χ4n) is 3.24. The Balaban J connectivity index is 1.52. The van der Waals surface area contributed by atoms with Crippen molar-refractivity contribution in [3.8, 4) is 0 Å². The van der Waals surface area contributed by atoms with E-state index in [4.69, 9.17) is 16.3 Å². The minimum absolute atomic E-state index is 0.182. The second-order valence-corrected chi connectivity index (χ2v) is 7.12. The molecule has 2 N–H and O–H groups in total. The molecule has 4 rings (SSSR count). The van der Waals surface area contributed by atoms with Gasteiger partial charge in [0.05, 0.1) is 35.7 Å². The van der Waals surface area contributed by atoms with Crippen LogP contribution in [0.5, 0.6) is 0 Å². The molecule has 0 bridgehead atoms. The Morgan fingerprint density at radius 3 is 2.78 bits per heavy atom. The van der Waals surface area contributed by atoms with E-state index in [9.17, 15) is 18.0 Å². The van der Waals surface area contributed by atoms with Gasteiger partial charge < -0.3 is 19.9 Å². The average Bonchev–Trinajstić information content (AvgIpc) is 2.95. The van der Waals surface area contributed by atoms with Crippen LogP contribution in [0.1, 0.15) is 16.9 Å². The zero-order valence-corrected chi connectivity index (χ0v) is 15.0. The Morgan fingerprint density at radius 2 is 2.11 bits per heavy atom. The van der Waals surface area contributed by atoms with Crippen LogP contribution in [-0.2, 0) is 4.74 Å². The monoisotopic (exact) mass is 399 g/mol. The lowest BCUT2D eigenvalue weighted by Crippen LogP contribution is -2.41. The van der Waals surface area contributed by atoms with Gasteiger partial charge >= 0.3 is 0 Å². The van der Waals surface area contributed by atoms with Gasteiger partial charge in [0.25, 0.3) is 5.91 Å². The van der Waals surface area contributed by atoms with Crippen molar-refractivity contribution >= 4 is 28.4 Å². The minimum atomic E-state index is -0.933. The first-order chi connectivity index (χ1) is 13.0. The maximum atomic E-state index is 14.6. The lowest BCUT2D eigenvalue weighted by Gasteiger charge is -2.31. The molecule has 2 aromatic rings. The first-order valence-corrected chi connectivity index (χ1v) is 8.97. The SMILES string of the molecule is O=C(c1[nH]c2ccc(F)c(Cl)c2c1F)N1CCC(NCC2COC2)=C(F)C1. The average molecular weight is 400 g/mol. The molecule has 144 valence electrons. The number of aromatic nitrogens is 1. The Labute approximate surface area is 158 Å². The van der Waals surface area contributed by atoms with Gasteiger partial charge in [0.1, 0.15) is 17.3 Å². The van der Waals surface area contributed by atoms with Gasteiger partial charge in [-0.15, -0.1) is 0 Å². The Morgan fingerprint density at radius 1 is 1.33 bits per heavy atom. The first-order valence-electron chi connectivity index (χ1n) is 8.59. The fraction of sp³-hybridized carbons (Fsp3) is 0.389. The van der Waals surface area contributed by atoms with Gasteiger partial charge in [-0.2, -0.15) is 0 Å². The van der Waals surface area contributed by atoms with Crippen molar-refractivity contribution < 1.29 is 22.7 Å². The van der Waals surface area contributed by atoms with Gasteiger partial charge in [-0.1, -0.05) is 11.6 Å². The molecule has 1 aromatic carbocycles.